The molecule has 0 aliphatic heterocycles. The first-order chi connectivity index (χ1) is 14.2. The Morgan fingerprint density at radius 1 is 1.14 bits per heavy atom. The lowest BCUT2D eigenvalue weighted by atomic mass is 9.92. The van der Waals surface area contributed by atoms with Crippen LogP contribution in [0, 0.1) is 6.92 Å². The molecule has 1 aromatic carbocycles. The number of nitrogens with zero attached hydrogens (tertiary/aromatic N) is 3. The molecule has 1 aliphatic rings. The molecule has 1 N–H and O–H groups in total. The molecule has 1 fully saturated rings. The van der Waals surface area contributed by atoms with Gasteiger partial charge in [0.1, 0.15) is 6.10 Å². The fourth-order valence-corrected chi connectivity index (χ4v) is 3.64. The van der Waals surface area contributed by atoms with E-state index in [0.717, 1.165) is 43.4 Å². The Morgan fingerprint density at radius 3 is 2.59 bits per heavy atom. The Balaban J connectivity index is 1.24. The van der Waals surface area contributed by atoms with Gasteiger partial charge in [0, 0.05) is 42.8 Å². The van der Waals surface area contributed by atoms with Crippen molar-refractivity contribution in [1.29, 1.82) is 0 Å². The van der Waals surface area contributed by atoms with Gasteiger partial charge in [-0.2, -0.15) is 0 Å². The fourth-order valence-electron chi connectivity index (χ4n) is 3.64. The SMILES string of the molecule is Cc1ccc(OC2CCC(NC(=O)c3ccc(Cn4ccnc4)cc3)CC2)nc1. The van der Waals surface area contributed by atoms with Crippen molar-refractivity contribution in [2.24, 2.45) is 0 Å². The van der Waals surface area contributed by atoms with Gasteiger partial charge >= 0.3 is 0 Å². The van der Waals surface area contributed by atoms with Crippen molar-refractivity contribution >= 4 is 5.91 Å². The zero-order chi connectivity index (χ0) is 20.1. The molecule has 150 valence electrons. The third kappa shape index (κ3) is 5.22. The molecule has 6 nitrogen and oxygen atoms in total. The van der Waals surface area contributed by atoms with Gasteiger partial charge < -0.3 is 14.6 Å². The summed E-state index contributed by atoms with van der Waals surface area (Å²) in [5, 5.41) is 3.17. The zero-order valence-electron chi connectivity index (χ0n) is 16.6. The average Bonchev–Trinajstić information content (AvgIpc) is 3.25. The summed E-state index contributed by atoms with van der Waals surface area (Å²) in [6.45, 7) is 2.76. The molecule has 2 aromatic heterocycles. The summed E-state index contributed by atoms with van der Waals surface area (Å²) in [5.41, 5.74) is 2.96. The molecule has 0 saturated heterocycles. The number of amides is 1. The van der Waals surface area contributed by atoms with Crippen LogP contribution in [0.5, 0.6) is 5.88 Å². The minimum atomic E-state index is -0.0104. The highest BCUT2D eigenvalue weighted by Gasteiger charge is 2.24. The lowest BCUT2D eigenvalue weighted by Crippen LogP contribution is -2.39. The third-order valence-electron chi connectivity index (χ3n) is 5.32. The summed E-state index contributed by atoms with van der Waals surface area (Å²) in [5.74, 6) is 0.669. The van der Waals surface area contributed by atoms with E-state index in [0.29, 0.717) is 11.4 Å². The predicted molar refractivity (Wildman–Crippen MR) is 111 cm³/mol. The quantitative estimate of drug-likeness (QED) is 0.696. The first-order valence-corrected chi connectivity index (χ1v) is 10.1. The van der Waals surface area contributed by atoms with Crippen LogP contribution in [0.25, 0.3) is 0 Å². The average molecular weight is 390 g/mol. The number of carbonyl (C=O) groups is 1. The van der Waals surface area contributed by atoms with E-state index < -0.39 is 0 Å². The topological polar surface area (TPSA) is 69.0 Å². The largest absolute Gasteiger partial charge is 0.474 e. The van der Waals surface area contributed by atoms with Crippen LogP contribution in [0.1, 0.15) is 47.2 Å². The summed E-state index contributed by atoms with van der Waals surface area (Å²) < 4.78 is 7.98. The normalized spacial score (nSPS) is 18.9. The Bertz CT molecular complexity index is 913. The Kier molecular flexibility index (Phi) is 5.89. The highest BCUT2D eigenvalue weighted by atomic mass is 16.5. The van der Waals surface area contributed by atoms with E-state index in [4.69, 9.17) is 4.74 Å². The van der Waals surface area contributed by atoms with Crippen LogP contribution in [-0.4, -0.2) is 32.6 Å². The number of hydrogen-bond acceptors (Lipinski definition) is 4. The number of rotatable bonds is 6. The monoisotopic (exact) mass is 390 g/mol. The molecule has 3 aromatic rings. The van der Waals surface area contributed by atoms with Crippen molar-refractivity contribution in [2.45, 2.75) is 51.3 Å². The maximum absolute atomic E-state index is 12.6. The lowest BCUT2D eigenvalue weighted by molar-refractivity contribution is 0.0890. The van der Waals surface area contributed by atoms with Crippen LogP contribution >= 0.6 is 0 Å². The van der Waals surface area contributed by atoms with Gasteiger partial charge in [0.25, 0.3) is 5.91 Å². The molecule has 1 aliphatic carbocycles. The van der Waals surface area contributed by atoms with Crippen molar-refractivity contribution in [1.82, 2.24) is 19.9 Å². The van der Waals surface area contributed by atoms with E-state index in [1.165, 1.54) is 0 Å². The van der Waals surface area contributed by atoms with E-state index in [9.17, 15) is 4.79 Å². The molecule has 1 saturated carbocycles. The molecule has 0 bridgehead atoms. The van der Waals surface area contributed by atoms with Crippen LogP contribution in [0.3, 0.4) is 0 Å². The van der Waals surface area contributed by atoms with Gasteiger partial charge in [-0.15, -0.1) is 0 Å². The molecule has 6 heteroatoms. The molecule has 2 heterocycles. The maximum Gasteiger partial charge on any atom is 0.251 e. The molecule has 4 rings (SSSR count). The van der Waals surface area contributed by atoms with Crippen molar-refractivity contribution in [3.63, 3.8) is 0 Å². The van der Waals surface area contributed by atoms with Crippen molar-refractivity contribution in [3.05, 3.63) is 78.0 Å². The van der Waals surface area contributed by atoms with Crippen molar-refractivity contribution in [3.8, 4) is 5.88 Å². The number of nitrogens with one attached hydrogen (secondary N) is 1. The van der Waals surface area contributed by atoms with Gasteiger partial charge in [0.2, 0.25) is 5.88 Å². The second-order valence-electron chi connectivity index (χ2n) is 7.67. The maximum atomic E-state index is 12.6. The van der Waals surface area contributed by atoms with Crippen LogP contribution in [0.4, 0.5) is 0 Å². The molecule has 0 atom stereocenters. The van der Waals surface area contributed by atoms with Crippen LogP contribution < -0.4 is 10.1 Å². The van der Waals surface area contributed by atoms with Gasteiger partial charge in [-0.05, 0) is 55.9 Å². The minimum Gasteiger partial charge on any atom is -0.474 e. The smallest absolute Gasteiger partial charge is 0.251 e. The third-order valence-corrected chi connectivity index (χ3v) is 5.32. The number of carbonyl (C=O) groups excluding carboxylic acids is 1. The van der Waals surface area contributed by atoms with Crippen LogP contribution in [-0.2, 0) is 6.54 Å². The number of pyridine rings is 1. The van der Waals surface area contributed by atoms with E-state index in [1.807, 2.05) is 60.3 Å². The molecule has 0 spiro atoms. The number of imidazole rings is 1. The molecular weight excluding hydrogens is 364 g/mol. The second-order valence-corrected chi connectivity index (χ2v) is 7.67. The van der Waals surface area contributed by atoms with E-state index >= 15 is 0 Å². The first-order valence-electron chi connectivity index (χ1n) is 10.1. The highest BCUT2D eigenvalue weighted by Crippen LogP contribution is 2.23. The standard InChI is InChI=1S/C23H26N4O2/c1-17-2-11-22(25-14-17)29-21-9-7-20(8-10-21)26-23(28)19-5-3-18(4-6-19)15-27-13-12-24-16-27/h2-6,11-14,16,20-21H,7-10,15H2,1H3,(H,26,28). The highest BCUT2D eigenvalue weighted by molar-refractivity contribution is 5.94. The number of hydrogen-bond donors (Lipinski definition) is 1. The Hall–Kier alpha value is -3.15. The van der Waals surface area contributed by atoms with Gasteiger partial charge in [0.05, 0.1) is 6.33 Å². The van der Waals surface area contributed by atoms with Gasteiger partial charge in [-0.25, -0.2) is 9.97 Å². The number of aryl methyl sites for hydroxylation is 1. The summed E-state index contributed by atoms with van der Waals surface area (Å²) in [6.07, 6.45) is 11.1. The van der Waals surface area contributed by atoms with Gasteiger partial charge in [-0.1, -0.05) is 18.2 Å². The van der Waals surface area contributed by atoms with Gasteiger partial charge in [0.15, 0.2) is 0 Å². The molecule has 0 radical (unpaired) electrons. The molecular formula is C23H26N4O2. The summed E-state index contributed by atoms with van der Waals surface area (Å²) in [7, 11) is 0. The molecule has 0 unspecified atom stereocenters. The molecule has 29 heavy (non-hydrogen) atoms. The fraction of sp³-hybridized carbons (Fsp3) is 0.348. The second kappa shape index (κ2) is 8.90. The van der Waals surface area contributed by atoms with Crippen molar-refractivity contribution < 1.29 is 9.53 Å². The zero-order valence-corrected chi connectivity index (χ0v) is 16.6. The molecule has 1 amide bonds. The van der Waals surface area contributed by atoms with E-state index in [1.54, 1.807) is 12.5 Å². The Morgan fingerprint density at radius 2 is 1.93 bits per heavy atom. The van der Waals surface area contributed by atoms with Crippen LogP contribution in [0.15, 0.2) is 61.3 Å². The first kappa shape index (κ1) is 19.2. The minimum absolute atomic E-state index is 0.0104. The summed E-state index contributed by atoms with van der Waals surface area (Å²) in [6, 6.07) is 11.9. The summed E-state index contributed by atoms with van der Waals surface area (Å²) in [4.78, 5) is 20.9. The van der Waals surface area contributed by atoms with Gasteiger partial charge in [-0.3, -0.25) is 4.79 Å². The van der Waals surface area contributed by atoms with Crippen molar-refractivity contribution in [2.75, 3.05) is 0 Å². The number of aromatic nitrogens is 3. The van der Waals surface area contributed by atoms with Crippen LogP contribution in [0.2, 0.25) is 0 Å². The van der Waals surface area contributed by atoms with E-state index in [2.05, 4.69) is 15.3 Å². The Labute approximate surface area is 171 Å². The van der Waals surface area contributed by atoms with E-state index in [-0.39, 0.29) is 18.1 Å². The predicted octanol–water partition coefficient (Wildman–Crippen LogP) is 3.75. The summed E-state index contributed by atoms with van der Waals surface area (Å²) >= 11 is 0. The number of ether oxygens (including phenoxy) is 1. The number of benzene rings is 1. The lowest BCUT2D eigenvalue weighted by Gasteiger charge is -2.29.